The van der Waals surface area contributed by atoms with Gasteiger partial charge in [-0.1, -0.05) is 32.0 Å². The molecule has 0 fully saturated rings. The van der Waals surface area contributed by atoms with Crippen molar-refractivity contribution in [2.24, 2.45) is 11.7 Å². The van der Waals surface area contributed by atoms with Crippen molar-refractivity contribution >= 4 is 16.8 Å². The third kappa shape index (κ3) is 2.14. The molecule has 0 aliphatic carbocycles. The Hall–Kier alpha value is -2.10. The SMILES string of the molecule is CC(C)Cn1c(=O)c(C(N)=O)cc2ccccc21. The minimum absolute atomic E-state index is 0.0503. The van der Waals surface area contributed by atoms with E-state index in [9.17, 15) is 9.59 Å². The average molecular weight is 244 g/mol. The van der Waals surface area contributed by atoms with Gasteiger partial charge in [-0.05, 0) is 23.4 Å². The first kappa shape index (κ1) is 12.4. The highest BCUT2D eigenvalue weighted by Gasteiger charge is 2.13. The number of fused-ring (bicyclic) bond motifs is 1. The molecule has 1 amide bonds. The van der Waals surface area contributed by atoms with E-state index >= 15 is 0 Å². The van der Waals surface area contributed by atoms with Crippen LogP contribution in [0.4, 0.5) is 0 Å². The molecule has 0 aliphatic heterocycles. The van der Waals surface area contributed by atoms with E-state index in [1.165, 1.54) is 0 Å². The van der Waals surface area contributed by atoms with E-state index in [-0.39, 0.29) is 11.1 Å². The minimum atomic E-state index is -0.678. The summed E-state index contributed by atoms with van der Waals surface area (Å²) in [5, 5.41) is 0.853. The number of nitrogens with zero attached hydrogens (tertiary/aromatic N) is 1. The fraction of sp³-hybridized carbons (Fsp3) is 0.286. The molecule has 4 nitrogen and oxygen atoms in total. The van der Waals surface area contributed by atoms with Gasteiger partial charge in [0.05, 0.1) is 5.52 Å². The number of hydrogen-bond donors (Lipinski definition) is 1. The largest absolute Gasteiger partial charge is 0.365 e. The molecular weight excluding hydrogens is 228 g/mol. The molecule has 0 spiro atoms. The molecule has 1 aromatic carbocycles. The zero-order valence-corrected chi connectivity index (χ0v) is 10.5. The van der Waals surface area contributed by atoms with Crippen LogP contribution in [-0.2, 0) is 6.54 Å². The van der Waals surface area contributed by atoms with Crippen molar-refractivity contribution in [3.8, 4) is 0 Å². The van der Waals surface area contributed by atoms with Crippen LogP contribution in [0.2, 0.25) is 0 Å². The summed E-state index contributed by atoms with van der Waals surface area (Å²) < 4.78 is 1.63. The molecule has 0 saturated carbocycles. The van der Waals surface area contributed by atoms with Crippen LogP contribution in [0, 0.1) is 5.92 Å². The second-order valence-corrected chi connectivity index (χ2v) is 4.79. The van der Waals surface area contributed by atoms with Crippen LogP contribution in [-0.4, -0.2) is 10.5 Å². The van der Waals surface area contributed by atoms with E-state index < -0.39 is 5.91 Å². The van der Waals surface area contributed by atoms with Crippen LogP contribution < -0.4 is 11.3 Å². The van der Waals surface area contributed by atoms with E-state index in [0.717, 1.165) is 10.9 Å². The standard InChI is InChI=1S/C14H16N2O2/c1-9(2)8-16-12-6-4-3-5-10(12)7-11(13(15)17)14(16)18/h3-7,9H,8H2,1-2H3,(H2,15,17). The Labute approximate surface area is 105 Å². The molecule has 0 bridgehead atoms. The maximum absolute atomic E-state index is 12.2. The number of carbonyl (C=O) groups excluding carboxylic acids is 1. The number of para-hydroxylation sites is 1. The highest BCUT2D eigenvalue weighted by atomic mass is 16.2. The Balaban J connectivity index is 2.81. The van der Waals surface area contributed by atoms with Crippen LogP contribution in [0.15, 0.2) is 35.1 Å². The van der Waals surface area contributed by atoms with Gasteiger partial charge in [0.15, 0.2) is 0 Å². The van der Waals surface area contributed by atoms with Crippen molar-refractivity contribution in [1.82, 2.24) is 4.57 Å². The number of carbonyl (C=O) groups is 1. The number of aromatic nitrogens is 1. The van der Waals surface area contributed by atoms with Crippen molar-refractivity contribution in [3.63, 3.8) is 0 Å². The number of amides is 1. The zero-order chi connectivity index (χ0) is 13.3. The normalized spacial score (nSPS) is 11.1. The lowest BCUT2D eigenvalue weighted by molar-refractivity contribution is 0.0998. The fourth-order valence-corrected chi connectivity index (χ4v) is 2.05. The Bertz CT molecular complexity index is 656. The summed E-state index contributed by atoms with van der Waals surface area (Å²) in [6.07, 6.45) is 0. The summed E-state index contributed by atoms with van der Waals surface area (Å²) in [6.45, 7) is 4.62. The van der Waals surface area contributed by atoms with Gasteiger partial charge in [0.2, 0.25) is 0 Å². The molecule has 4 heteroatoms. The molecule has 0 radical (unpaired) electrons. The third-order valence-electron chi connectivity index (χ3n) is 2.82. The van der Waals surface area contributed by atoms with E-state index in [1.807, 2.05) is 38.1 Å². The first-order valence-corrected chi connectivity index (χ1v) is 5.93. The average Bonchev–Trinajstić information content (AvgIpc) is 2.31. The number of rotatable bonds is 3. The number of hydrogen-bond acceptors (Lipinski definition) is 2. The van der Waals surface area contributed by atoms with Gasteiger partial charge in [-0.2, -0.15) is 0 Å². The van der Waals surface area contributed by atoms with Crippen molar-refractivity contribution in [2.45, 2.75) is 20.4 Å². The summed E-state index contributed by atoms with van der Waals surface area (Å²) in [4.78, 5) is 23.5. The molecule has 1 aromatic heterocycles. The lowest BCUT2D eigenvalue weighted by atomic mass is 10.1. The van der Waals surface area contributed by atoms with E-state index in [1.54, 1.807) is 10.6 Å². The minimum Gasteiger partial charge on any atom is -0.365 e. The van der Waals surface area contributed by atoms with Gasteiger partial charge in [0.1, 0.15) is 5.56 Å². The smallest absolute Gasteiger partial charge is 0.263 e. The van der Waals surface area contributed by atoms with Crippen LogP contribution >= 0.6 is 0 Å². The molecule has 0 unspecified atom stereocenters. The second kappa shape index (κ2) is 4.64. The maximum atomic E-state index is 12.2. The predicted molar refractivity (Wildman–Crippen MR) is 71.6 cm³/mol. The van der Waals surface area contributed by atoms with Gasteiger partial charge < -0.3 is 10.3 Å². The molecule has 2 rings (SSSR count). The Morgan fingerprint density at radius 2 is 2.00 bits per heavy atom. The Morgan fingerprint density at radius 1 is 1.33 bits per heavy atom. The number of nitrogens with two attached hydrogens (primary N) is 1. The van der Waals surface area contributed by atoms with Gasteiger partial charge in [-0.3, -0.25) is 9.59 Å². The summed E-state index contributed by atoms with van der Waals surface area (Å²) in [6, 6.07) is 9.07. The van der Waals surface area contributed by atoms with Gasteiger partial charge in [0, 0.05) is 6.54 Å². The maximum Gasteiger partial charge on any atom is 0.263 e. The first-order chi connectivity index (χ1) is 8.50. The topological polar surface area (TPSA) is 65.1 Å². The lowest BCUT2D eigenvalue weighted by Crippen LogP contribution is -2.30. The lowest BCUT2D eigenvalue weighted by Gasteiger charge is -2.13. The van der Waals surface area contributed by atoms with E-state index in [2.05, 4.69) is 0 Å². The summed E-state index contributed by atoms with van der Waals surface area (Å²) in [7, 11) is 0. The van der Waals surface area contributed by atoms with E-state index in [0.29, 0.717) is 12.5 Å². The number of primary amides is 1. The highest BCUT2D eigenvalue weighted by Crippen LogP contribution is 2.14. The summed E-state index contributed by atoms with van der Waals surface area (Å²) in [5.74, 6) is -0.363. The van der Waals surface area contributed by atoms with Crippen LogP contribution in [0.25, 0.3) is 10.9 Å². The molecular formula is C14H16N2O2. The van der Waals surface area contributed by atoms with Gasteiger partial charge >= 0.3 is 0 Å². The van der Waals surface area contributed by atoms with Crippen molar-refractivity contribution in [1.29, 1.82) is 0 Å². The molecule has 0 aliphatic rings. The third-order valence-corrected chi connectivity index (χ3v) is 2.82. The summed E-state index contributed by atoms with van der Waals surface area (Å²) >= 11 is 0. The molecule has 18 heavy (non-hydrogen) atoms. The monoisotopic (exact) mass is 244 g/mol. The van der Waals surface area contributed by atoms with Crippen molar-refractivity contribution in [2.75, 3.05) is 0 Å². The highest BCUT2D eigenvalue weighted by molar-refractivity contribution is 5.96. The molecule has 1 heterocycles. The molecule has 94 valence electrons. The zero-order valence-electron chi connectivity index (χ0n) is 10.5. The Kier molecular flexibility index (Phi) is 3.19. The Morgan fingerprint density at radius 3 is 2.61 bits per heavy atom. The van der Waals surface area contributed by atoms with E-state index in [4.69, 9.17) is 5.73 Å². The molecule has 2 aromatic rings. The van der Waals surface area contributed by atoms with Gasteiger partial charge in [0.25, 0.3) is 11.5 Å². The number of benzene rings is 1. The number of pyridine rings is 1. The van der Waals surface area contributed by atoms with Crippen molar-refractivity contribution in [3.05, 3.63) is 46.2 Å². The molecule has 0 saturated heterocycles. The second-order valence-electron chi connectivity index (χ2n) is 4.79. The van der Waals surface area contributed by atoms with Crippen molar-refractivity contribution < 1.29 is 4.79 Å². The summed E-state index contributed by atoms with van der Waals surface area (Å²) in [5.41, 5.74) is 5.83. The first-order valence-electron chi connectivity index (χ1n) is 5.93. The van der Waals surface area contributed by atoms with Crippen LogP contribution in [0.3, 0.4) is 0 Å². The van der Waals surface area contributed by atoms with Gasteiger partial charge in [-0.15, -0.1) is 0 Å². The van der Waals surface area contributed by atoms with Gasteiger partial charge in [-0.25, -0.2) is 0 Å². The quantitative estimate of drug-likeness (QED) is 0.894. The molecule has 2 N–H and O–H groups in total. The fourth-order valence-electron chi connectivity index (χ4n) is 2.05. The molecule has 0 atom stereocenters. The van der Waals surface area contributed by atoms with Crippen LogP contribution in [0.1, 0.15) is 24.2 Å². The predicted octanol–water partition coefficient (Wildman–Crippen LogP) is 1.76. The van der Waals surface area contributed by atoms with Crippen LogP contribution in [0.5, 0.6) is 0 Å².